The number of azide groups is 1. The highest BCUT2D eigenvalue weighted by atomic mass is 79.9. The van der Waals surface area contributed by atoms with Crippen molar-refractivity contribution in [2.45, 2.75) is 55.7 Å². The van der Waals surface area contributed by atoms with Crippen molar-refractivity contribution in [2.24, 2.45) is 5.11 Å². The van der Waals surface area contributed by atoms with Crippen molar-refractivity contribution in [3.8, 4) is 0 Å². The lowest BCUT2D eigenvalue weighted by Gasteiger charge is -2.34. The molecule has 3 rings (SSSR count). The first-order valence-corrected chi connectivity index (χ1v) is 10.3. The molecule has 0 aromatic heterocycles. The number of nitrogens with one attached hydrogen (secondary N) is 1. The Bertz CT molecular complexity index is 878. The molecule has 1 aromatic carbocycles. The molecule has 2 aliphatic rings. The lowest BCUT2D eigenvalue weighted by Crippen LogP contribution is -2.55. The predicted molar refractivity (Wildman–Crippen MR) is 99.1 cm³/mol. The van der Waals surface area contributed by atoms with Gasteiger partial charge in [-0.15, -0.1) is 0 Å². The molecular weight excluding hydrogens is 424 g/mol. The van der Waals surface area contributed by atoms with Crippen LogP contribution in [0.4, 0.5) is 0 Å². The highest BCUT2D eigenvalue weighted by Crippen LogP contribution is 2.40. The quantitative estimate of drug-likeness (QED) is 0.438. The molecule has 26 heavy (non-hydrogen) atoms. The van der Waals surface area contributed by atoms with Gasteiger partial charge in [0.25, 0.3) is 0 Å². The summed E-state index contributed by atoms with van der Waals surface area (Å²) in [6, 6.07) is 4.94. The van der Waals surface area contributed by atoms with Crippen molar-refractivity contribution in [2.75, 3.05) is 0 Å². The van der Waals surface area contributed by atoms with E-state index in [-0.39, 0.29) is 4.90 Å². The fraction of sp³-hybridized carbons (Fsp3) is 0.500. The predicted octanol–water partition coefficient (Wildman–Crippen LogP) is 3.13. The van der Waals surface area contributed by atoms with E-state index in [1.807, 2.05) is 6.92 Å². The van der Waals surface area contributed by atoms with Crippen molar-refractivity contribution in [3.05, 3.63) is 50.8 Å². The Morgan fingerprint density at radius 1 is 1.27 bits per heavy atom. The van der Waals surface area contributed by atoms with Gasteiger partial charge in [0.05, 0.1) is 17.0 Å². The number of fused-ring (bicyclic) bond motifs is 1. The van der Waals surface area contributed by atoms with E-state index in [1.165, 1.54) is 12.1 Å². The van der Waals surface area contributed by atoms with Crippen LogP contribution >= 0.6 is 15.9 Å². The van der Waals surface area contributed by atoms with Crippen LogP contribution in [0.25, 0.3) is 10.4 Å². The summed E-state index contributed by atoms with van der Waals surface area (Å²) >= 11 is 3.41. The standard InChI is InChI=1S/C16H19BrN4O4S/c1-9-4-6-10(7-5-9)26(22,23)20-13-12(19-21-18)8-11(17)14-15(13)25-16(2,3)24-14/h4-8,12-15,20H,1-3H3/t12-,13+,14+,15-/m0/s1. The lowest BCUT2D eigenvalue weighted by molar-refractivity contribution is -0.145. The van der Waals surface area contributed by atoms with Gasteiger partial charge in [0.2, 0.25) is 10.0 Å². The minimum atomic E-state index is -3.83. The number of hydrogen-bond donors (Lipinski definition) is 1. The summed E-state index contributed by atoms with van der Waals surface area (Å²) in [7, 11) is -3.83. The monoisotopic (exact) mass is 442 g/mol. The van der Waals surface area contributed by atoms with E-state index in [0.29, 0.717) is 4.48 Å². The van der Waals surface area contributed by atoms with Gasteiger partial charge in [-0.2, -0.15) is 0 Å². The number of rotatable bonds is 4. The fourth-order valence-electron chi connectivity index (χ4n) is 3.09. The molecular formula is C16H19BrN4O4S. The minimum Gasteiger partial charge on any atom is -0.342 e. The third-order valence-electron chi connectivity index (χ3n) is 4.26. The van der Waals surface area contributed by atoms with Crippen LogP contribution in [0.5, 0.6) is 0 Å². The molecule has 0 unspecified atom stereocenters. The Morgan fingerprint density at radius 2 is 1.92 bits per heavy atom. The van der Waals surface area contributed by atoms with Crippen molar-refractivity contribution >= 4 is 26.0 Å². The molecule has 4 atom stereocenters. The number of benzene rings is 1. The number of nitrogens with zero attached hydrogens (tertiary/aromatic N) is 3. The minimum absolute atomic E-state index is 0.131. The summed E-state index contributed by atoms with van der Waals surface area (Å²) in [6.45, 7) is 5.38. The van der Waals surface area contributed by atoms with Crippen molar-refractivity contribution in [1.82, 2.24) is 4.72 Å². The maximum atomic E-state index is 12.8. The molecule has 1 aromatic rings. The van der Waals surface area contributed by atoms with E-state index in [4.69, 9.17) is 15.0 Å². The van der Waals surface area contributed by atoms with E-state index >= 15 is 0 Å². The Morgan fingerprint density at radius 3 is 2.54 bits per heavy atom. The SMILES string of the molecule is Cc1ccc(S(=O)(=O)N[C@H]2[C@@H]3OC(C)(C)O[C@@H]3C(Br)=C[C@@H]2N=[N+]=[N-])cc1. The van der Waals surface area contributed by atoms with Crippen LogP contribution in [0.15, 0.2) is 44.8 Å². The average Bonchev–Trinajstić information content (AvgIpc) is 2.88. The molecule has 1 saturated heterocycles. The number of sulfonamides is 1. The Hall–Kier alpha value is -1.42. The van der Waals surface area contributed by atoms with E-state index in [0.717, 1.165) is 5.56 Å². The van der Waals surface area contributed by atoms with Crippen molar-refractivity contribution in [3.63, 3.8) is 0 Å². The van der Waals surface area contributed by atoms with Crippen LogP contribution in [0.3, 0.4) is 0 Å². The highest BCUT2D eigenvalue weighted by Gasteiger charge is 2.51. The van der Waals surface area contributed by atoms with Crippen LogP contribution in [-0.2, 0) is 19.5 Å². The van der Waals surface area contributed by atoms with Gasteiger partial charge in [0.15, 0.2) is 5.79 Å². The second-order valence-electron chi connectivity index (χ2n) is 6.73. The second kappa shape index (κ2) is 6.95. The number of ether oxygens (including phenoxy) is 2. The second-order valence-corrected chi connectivity index (χ2v) is 9.36. The van der Waals surface area contributed by atoms with Crippen LogP contribution in [-0.4, -0.2) is 38.5 Å². The molecule has 0 radical (unpaired) electrons. The Balaban J connectivity index is 1.97. The molecule has 1 aliphatic carbocycles. The molecule has 0 spiro atoms. The van der Waals surface area contributed by atoms with Gasteiger partial charge in [0.1, 0.15) is 12.2 Å². The first kappa shape index (κ1) is 19.3. The van der Waals surface area contributed by atoms with E-state index in [9.17, 15) is 8.42 Å². The smallest absolute Gasteiger partial charge is 0.240 e. The molecule has 10 heteroatoms. The zero-order valence-corrected chi connectivity index (χ0v) is 16.9. The first-order chi connectivity index (χ1) is 12.1. The molecule has 0 amide bonds. The topological polar surface area (TPSA) is 113 Å². The molecule has 140 valence electrons. The molecule has 0 saturated carbocycles. The van der Waals surface area contributed by atoms with Gasteiger partial charge < -0.3 is 9.47 Å². The maximum Gasteiger partial charge on any atom is 0.240 e. The molecule has 1 fully saturated rings. The molecule has 1 aliphatic heterocycles. The van der Waals surface area contributed by atoms with Gasteiger partial charge in [-0.25, -0.2) is 13.1 Å². The number of aryl methyl sites for hydroxylation is 1. The van der Waals surface area contributed by atoms with E-state index < -0.39 is 40.1 Å². The fourth-order valence-corrected chi connectivity index (χ4v) is 4.97. The van der Waals surface area contributed by atoms with Crippen LogP contribution in [0, 0.1) is 6.92 Å². The zero-order chi connectivity index (χ0) is 19.1. The Kier molecular flexibility index (Phi) is 5.17. The van der Waals surface area contributed by atoms with Gasteiger partial charge >= 0.3 is 0 Å². The van der Waals surface area contributed by atoms with Crippen LogP contribution < -0.4 is 4.72 Å². The van der Waals surface area contributed by atoms with Crippen molar-refractivity contribution in [1.29, 1.82) is 0 Å². The normalized spacial score (nSPS) is 30.2. The largest absolute Gasteiger partial charge is 0.342 e. The summed E-state index contributed by atoms with van der Waals surface area (Å²) in [6.07, 6.45) is 0.523. The molecule has 1 N–H and O–H groups in total. The van der Waals surface area contributed by atoms with E-state index in [1.54, 1.807) is 32.1 Å². The summed E-state index contributed by atoms with van der Waals surface area (Å²) in [5.41, 5.74) is 9.83. The van der Waals surface area contributed by atoms with Gasteiger partial charge in [-0.3, -0.25) is 0 Å². The lowest BCUT2D eigenvalue weighted by atomic mass is 9.93. The Labute approximate surface area is 160 Å². The molecule has 0 bridgehead atoms. The third-order valence-corrected chi connectivity index (χ3v) is 6.45. The maximum absolute atomic E-state index is 12.8. The van der Waals surface area contributed by atoms with E-state index in [2.05, 4.69) is 30.7 Å². The van der Waals surface area contributed by atoms with Crippen LogP contribution in [0.2, 0.25) is 0 Å². The van der Waals surface area contributed by atoms with Crippen molar-refractivity contribution < 1.29 is 17.9 Å². The summed E-state index contributed by atoms with van der Waals surface area (Å²) in [5, 5.41) is 3.73. The van der Waals surface area contributed by atoms with Gasteiger partial charge in [0, 0.05) is 9.39 Å². The number of halogens is 1. The van der Waals surface area contributed by atoms with Crippen LogP contribution in [0.1, 0.15) is 19.4 Å². The average molecular weight is 443 g/mol. The zero-order valence-electron chi connectivity index (χ0n) is 14.5. The highest BCUT2D eigenvalue weighted by molar-refractivity contribution is 9.11. The summed E-state index contributed by atoms with van der Waals surface area (Å²) in [4.78, 5) is 2.97. The first-order valence-electron chi connectivity index (χ1n) is 7.99. The van der Waals surface area contributed by atoms with Gasteiger partial charge in [-0.05, 0) is 38.4 Å². The summed E-state index contributed by atoms with van der Waals surface area (Å²) in [5.74, 6) is -0.888. The van der Waals surface area contributed by atoms with Gasteiger partial charge in [-0.1, -0.05) is 44.8 Å². The molecule has 1 heterocycles. The summed E-state index contributed by atoms with van der Waals surface area (Å²) < 4.78 is 40.7. The third kappa shape index (κ3) is 3.80. The number of hydrogen-bond acceptors (Lipinski definition) is 5. The molecule has 8 nitrogen and oxygen atoms in total.